The average Bonchev–Trinajstić information content (AvgIpc) is 3.22. The van der Waals surface area contributed by atoms with Gasteiger partial charge < -0.3 is 14.8 Å². The molecule has 8 nitrogen and oxygen atoms in total. The monoisotopic (exact) mass is 531 g/mol. The Bertz CT molecular complexity index is 1220. The number of alkyl halides is 2. The van der Waals surface area contributed by atoms with Gasteiger partial charge in [-0.15, -0.1) is 6.42 Å². The van der Waals surface area contributed by atoms with Crippen molar-refractivity contribution in [2.75, 3.05) is 24.5 Å². The Labute approximate surface area is 218 Å². The standard InChI is InChI=1S/C27H28F3N3O5/c1-5-12-32(25(35)38-27(2,3)4)15-17-6-8-18(9-7-17)21-11-10-19(13-22(21)28)33-16-20(37-26(33)36)14-31-24(34)23(29)30/h1,6-11,13,20,23H,12,14-16H2,2-4H3,(H,31,34)/t20-/m0/s1. The third-order valence-corrected chi connectivity index (χ3v) is 5.41. The van der Waals surface area contributed by atoms with Gasteiger partial charge in [0.05, 0.1) is 25.3 Å². The van der Waals surface area contributed by atoms with Crippen LogP contribution in [0.15, 0.2) is 42.5 Å². The maximum absolute atomic E-state index is 15.0. The predicted molar refractivity (Wildman–Crippen MR) is 134 cm³/mol. The molecule has 3 amide bonds. The molecule has 0 radical (unpaired) electrons. The molecule has 0 spiro atoms. The summed E-state index contributed by atoms with van der Waals surface area (Å²) < 4.78 is 50.2. The van der Waals surface area contributed by atoms with Crippen molar-refractivity contribution in [2.45, 2.75) is 45.4 Å². The fraction of sp³-hybridized carbons (Fsp3) is 0.370. The van der Waals surface area contributed by atoms with Crippen molar-refractivity contribution in [3.63, 3.8) is 0 Å². The SMILES string of the molecule is C#CCN(Cc1ccc(-c2ccc(N3C[C@H](CNC(=O)C(F)F)OC3=O)cc2F)cc1)C(=O)OC(C)(C)C. The number of ether oxygens (including phenoxy) is 2. The molecule has 0 unspecified atom stereocenters. The zero-order valence-corrected chi connectivity index (χ0v) is 21.2. The van der Waals surface area contributed by atoms with E-state index in [1.165, 1.54) is 23.1 Å². The first-order chi connectivity index (χ1) is 17.9. The van der Waals surface area contributed by atoms with E-state index in [2.05, 4.69) is 5.92 Å². The zero-order valence-electron chi connectivity index (χ0n) is 21.2. The molecule has 1 fully saturated rings. The minimum Gasteiger partial charge on any atom is -0.444 e. The van der Waals surface area contributed by atoms with E-state index >= 15 is 4.39 Å². The van der Waals surface area contributed by atoms with Crippen molar-refractivity contribution in [2.24, 2.45) is 0 Å². The molecule has 11 heteroatoms. The minimum atomic E-state index is -3.18. The van der Waals surface area contributed by atoms with E-state index in [9.17, 15) is 23.2 Å². The molecule has 0 aliphatic carbocycles. The fourth-order valence-corrected chi connectivity index (χ4v) is 3.67. The molecule has 3 rings (SSSR count). The second-order valence-corrected chi connectivity index (χ2v) is 9.56. The van der Waals surface area contributed by atoms with Gasteiger partial charge in [0.25, 0.3) is 5.91 Å². The Kier molecular flexibility index (Phi) is 8.88. The lowest BCUT2D eigenvalue weighted by Gasteiger charge is -2.26. The number of terminal acetylenes is 1. The van der Waals surface area contributed by atoms with Crippen molar-refractivity contribution in [3.05, 3.63) is 53.8 Å². The first-order valence-electron chi connectivity index (χ1n) is 11.7. The van der Waals surface area contributed by atoms with Crippen LogP contribution in [0.25, 0.3) is 11.1 Å². The van der Waals surface area contributed by atoms with E-state index in [0.29, 0.717) is 5.56 Å². The summed E-state index contributed by atoms with van der Waals surface area (Å²) in [5.41, 5.74) is 1.15. The van der Waals surface area contributed by atoms with Gasteiger partial charge in [-0.05, 0) is 50.1 Å². The Morgan fingerprint density at radius 1 is 1.24 bits per heavy atom. The van der Waals surface area contributed by atoms with E-state index in [0.717, 1.165) is 10.5 Å². The molecule has 2 aromatic rings. The Hall–Kier alpha value is -4.20. The summed E-state index contributed by atoms with van der Waals surface area (Å²) >= 11 is 0. The zero-order chi connectivity index (χ0) is 28.0. The molecule has 38 heavy (non-hydrogen) atoms. The number of halogens is 3. The van der Waals surface area contributed by atoms with E-state index < -0.39 is 42.0 Å². The number of benzene rings is 2. The molecule has 0 saturated carbocycles. The molecule has 1 aliphatic heterocycles. The lowest BCUT2D eigenvalue weighted by Crippen LogP contribution is -2.37. The molecular weight excluding hydrogens is 503 g/mol. The van der Waals surface area contributed by atoms with Gasteiger partial charge in [-0.2, -0.15) is 8.78 Å². The Balaban J connectivity index is 1.67. The van der Waals surface area contributed by atoms with Crippen LogP contribution >= 0.6 is 0 Å². The van der Waals surface area contributed by atoms with Gasteiger partial charge in [-0.25, -0.2) is 14.0 Å². The number of nitrogens with zero attached hydrogens (tertiary/aromatic N) is 2. The first-order valence-corrected chi connectivity index (χ1v) is 11.7. The molecule has 1 N–H and O–H groups in total. The number of carbonyl (C=O) groups is 3. The van der Waals surface area contributed by atoms with E-state index in [1.807, 2.05) is 5.32 Å². The van der Waals surface area contributed by atoms with Gasteiger partial charge in [-0.3, -0.25) is 14.6 Å². The Morgan fingerprint density at radius 3 is 2.50 bits per heavy atom. The number of nitrogens with one attached hydrogen (secondary N) is 1. The molecule has 1 saturated heterocycles. The number of carbonyl (C=O) groups excluding carboxylic acids is 3. The van der Waals surface area contributed by atoms with Crippen LogP contribution in [0.1, 0.15) is 26.3 Å². The van der Waals surface area contributed by atoms with Crippen LogP contribution in [-0.2, 0) is 20.8 Å². The van der Waals surface area contributed by atoms with Gasteiger partial charge in [0, 0.05) is 12.1 Å². The molecular formula is C27H28F3N3O5. The smallest absolute Gasteiger partial charge is 0.414 e. The van der Waals surface area contributed by atoms with Gasteiger partial charge in [-0.1, -0.05) is 30.2 Å². The van der Waals surface area contributed by atoms with Crippen LogP contribution in [0.3, 0.4) is 0 Å². The highest BCUT2D eigenvalue weighted by molar-refractivity contribution is 5.90. The van der Waals surface area contributed by atoms with E-state index in [1.54, 1.807) is 45.0 Å². The highest BCUT2D eigenvalue weighted by Gasteiger charge is 2.33. The Morgan fingerprint density at radius 2 is 1.92 bits per heavy atom. The maximum atomic E-state index is 15.0. The summed E-state index contributed by atoms with van der Waals surface area (Å²) in [5, 5.41) is 1.99. The third kappa shape index (κ3) is 7.41. The highest BCUT2D eigenvalue weighted by Crippen LogP contribution is 2.29. The first kappa shape index (κ1) is 28.4. The summed E-state index contributed by atoms with van der Waals surface area (Å²) in [6, 6.07) is 11.1. The van der Waals surface area contributed by atoms with E-state index in [-0.39, 0.29) is 37.4 Å². The summed E-state index contributed by atoms with van der Waals surface area (Å²) in [5.74, 6) is 0.380. The number of amides is 3. The van der Waals surface area contributed by atoms with Crippen LogP contribution in [-0.4, -0.2) is 60.8 Å². The number of hydrogen-bond acceptors (Lipinski definition) is 5. The summed E-state index contributed by atoms with van der Waals surface area (Å²) in [7, 11) is 0. The normalized spacial score (nSPS) is 15.2. The number of rotatable bonds is 8. The van der Waals surface area contributed by atoms with Crippen molar-refractivity contribution in [3.8, 4) is 23.5 Å². The second-order valence-electron chi connectivity index (χ2n) is 9.56. The molecule has 0 aromatic heterocycles. The maximum Gasteiger partial charge on any atom is 0.414 e. The van der Waals surface area contributed by atoms with E-state index in [4.69, 9.17) is 15.9 Å². The number of anilines is 1. The number of cyclic esters (lactones) is 1. The number of hydrogen-bond donors (Lipinski definition) is 1. The quantitative estimate of drug-likeness (QED) is 0.505. The van der Waals surface area contributed by atoms with Crippen molar-refractivity contribution in [1.29, 1.82) is 0 Å². The highest BCUT2D eigenvalue weighted by atomic mass is 19.3. The summed E-state index contributed by atoms with van der Waals surface area (Å²) in [4.78, 5) is 38.2. The molecule has 202 valence electrons. The lowest BCUT2D eigenvalue weighted by atomic mass is 10.0. The molecule has 1 aliphatic rings. The van der Waals surface area contributed by atoms with Crippen molar-refractivity contribution in [1.82, 2.24) is 10.2 Å². The summed E-state index contributed by atoms with van der Waals surface area (Å²) in [6.45, 7) is 5.22. The van der Waals surface area contributed by atoms with Gasteiger partial charge in [0.2, 0.25) is 0 Å². The van der Waals surface area contributed by atoms with Crippen LogP contribution < -0.4 is 10.2 Å². The predicted octanol–water partition coefficient (Wildman–Crippen LogP) is 4.57. The minimum absolute atomic E-state index is 0.0400. The molecule has 2 aromatic carbocycles. The van der Waals surface area contributed by atoms with Crippen molar-refractivity contribution >= 4 is 23.8 Å². The van der Waals surface area contributed by atoms with Gasteiger partial charge in [0.1, 0.15) is 17.5 Å². The topological polar surface area (TPSA) is 88.2 Å². The average molecular weight is 532 g/mol. The lowest BCUT2D eigenvalue weighted by molar-refractivity contribution is -0.132. The summed E-state index contributed by atoms with van der Waals surface area (Å²) in [6.07, 6.45) is 0.0486. The molecule has 0 bridgehead atoms. The van der Waals surface area contributed by atoms with Gasteiger partial charge in [0.15, 0.2) is 0 Å². The van der Waals surface area contributed by atoms with Crippen LogP contribution in [0.4, 0.5) is 28.4 Å². The van der Waals surface area contributed by atoms with Crippen LogP contribution in [0.5, 0.6) is 0 Å². The molecule has 1 atom stereocenters. The second kappa shape index (κ2) is 11.9. The van der Waals surface area contributed by atoms with Crippen molar-refractivity contribution < 1.29 is 37.0 Å². The van der Waals surface area contributed by atoms with Crippen LogP contribution in [0, 0.1) is 18.2 Å². The van der Waals surface area contributed by atoms with Gasteiger partial charge >= 0.3 is 18.6 Å². The fourth-order valence-electron chi connectivity index (χ4n) is 3.67. The van der Waals surface area contributed by atoms with Crippen LogP contribution in [0.2, 0.25) is 0 Å². The largest absolute Gasteiger partial charge is 0.444 e. The molecule has 1 heterocycles. The third-order valence-electron chi connectivity index (χ3n) is 5.41.